The Morgan fingerprint density at radius 1 is 1.05 bits per heavy atom. The van der Waals surface area contributed by atoms with Crippen molar-refractivity contribution in [2.75, 3.05) is 18.4 Å². The molecule has 0 atom stereocenters. The Morgan fingerprint density at radius 2 is 1.86 bits per heavy atom. The summed E-state index contributed by atoms with van der Waals surface area (Å²) in [5.41, 5.74) is 3.89. The zero-order chi connectivity index (χ0) is 15.1. The van der Waals surface area contributed by atoms with E-state index >= 15 is 0 Å². The molecule has 0 bridgehead atoms. The standard InChI is InChI=1S/C18H27N3/c1-4-20(5-2)14-16-8-7-9-18(12-16)19-13-17-10-11-21(6-3)15-17/h7-12,15,19H,4-6,13-14H2,1-3H3. The summed E-state index contributed by atoms with van der Waals surface area (Å²) in [6.45, 7) is 11.7. The van der Waals surface area contributed by atoms with Gasteiger partial charge < -0.3 is 9.88 Å². The van der Waals surface area contributed by atoms with Crippen molar-refractivity contribution in [2.24, 2.45) is 0 Å². The van der Waals surface area contributed by atoms with Crippen LogP contribution in [0.15, 0.2) is 42.7 Å². The average molecular weight is 285 g/mol. The average Bonchev–Trinajstić information content (AvgIpc) is 2.99. The molecule has 3 heteroatoms. The number of aryl methyl sites for hydroxylation is 1. The van der Waals surface area contributed by atoms with Crippen LogP contribution in [0.2, 0.25) is 0 Å². The lowest BCUT2D eigenvalue weighted by Gasteiger charge is -2.18. The van der Waals surface area contributed by atoms with Crippen LogP contribution in [-0.2, 0) is 19.6 Å². The summed E-state index contributed by atoms with van der Waals surface area (Å²) < 4.78 is 2.20. The van der Waals surface area contributed by atoms with Crippen molar-refractivity contribution in [3.63, 3.8) is 0 Å². The minimum Gasteiger partial charge on any atom is -0.381 e. The van der Waals surface area contributed by atoms with Crippen molar-refractivity contribution in [1.29, 1.82) is 0 Å². The molecule has 2 rings (SSSR count). The van der Waals surface area contributed by atoms with Crippen LogP contribution in [0.1, 0.15) is 31.9 Å². The molecule has 1 aromatic heterocycles. The van der Waals surface area contributed by atoms with Gasteiger partial charge in [-0.15, -0.1) is 0 Å². The Bertz CT molecular complexity index is 541. The first-order chi connectivity index (χ1) is 10.2. The summed E-state index contributed by atoms with van der Waals surface area (Å²) >= 11 is 0. The second-order valence-electron chi connectivity index (χ2n) is 5.37. The van der Waals surface area contributed by atoms with Crippen molar-refractivity contribution in [3.05, 3.63) is 53.9 Å². The molecule has 3 nitrogen and oxygen atoms in total. The van der Waals surface area contributed by atoms with Crippen molar-refractivity contribution in [3.8, 4) is 0 Å². The summed E-state index contributed by atoms with van der Waals surface area (Å²) in [7, 11) is 0. The molecule has 0 aliphatic rings. The fraction of sp³-hybridized carbons (Fsp3) is 0.444. The van der Waals surface area contributed by atoms with E-state index in [1.807, 2.05) is 0 Å². The lowest BCUT2D eigenvalue weighted by atomic mass is 10.2. The highest BCUT2D eigenvalue weighted by molar-refractivity contribution is 5.46. The molecule has 0 amide bonds. The second kappa shape index (κ2) is 7.89. The van der Waals surface area contributed by atoms with Crippen LogP contribution in [-0.4, -0.2) is 22.6 Å². The smallest absolute Gasteiger partial charge is 0.0415 e. The summed E-state index contributed by atoms with van der Waals surface area (Å²) in [5.74, 6) is 0. The number of hydrogen-bond acceptors (Lipinski definition) is 2. The van der Waals surface area contributed by atoms with Gasteiger partial charge in [-0.3, -0.25) is 4.90 Å². The summed E-state index contributed by atoms with van der Waals surface area (Å²) in [6, 6.07) is 10.9. The van der Waals surface area contributed by atoms with Crippen LogP contribution < -0.4 is 5.32 Å². The molecule has 1 heterocycles. The van der Waals surface area contributed by atoms with E-state index in [0.717, 1.165) is 32.7 Å². The largest absolute Gasteiger partial charge is 0.381 e. The van der Waals surface area contributed by atoms with E-state index in [2.05, 4.69) is 78.3 Å². The third-order valence-electron chi connectivity index (χ3n) is 3.90. The van der Waals surface area contributed by atoms with E-state index in [1.54, 1.807) is 0 Å². The monoisotopic (exact) mass is 285 g/mol. The Labute approximate surface area is 128 Å². The highest BCUT2D eigenvalue weighted by Crippen LogP contribution is 2.14. The predicted molar refractivity (Wildman–Crippen MR) is 90.5 cm³/mol. The third-order valence-corrected chi connectivity index (χ3v) is 3.90. The quantitative estimate of drug-likeness (QED) is 0.792. The SMILES string of the molecule is CCN(CC)Cc1cccc(NCc2ccn(CC)c2)c1. The first-order valence-corrected chi connectivity index (χ1v) is 7.95. The first-order valence-electron chi connectivity index (χ1n) is 7.95. The minimum absolute atomic E-state index is 0.877. The molecule has 2 aromatic rings. The molecule has 0 aliphatic carbocycles. The van der Waals surface area contributed by atoms with Gasteiger partial charge in [-0.1, -0.05) is 26.0 Å². The van der Waals surface area contributed by atoms with Gasteiger partial charge in [0.15, 0.2) is 0 Å². The molecule has 21 heavy (non-hydrogen) atoms. The molecule has 0 unspecified atom stereocenters. The van der Waals surface area contributed by atoms with Crippen molar-refractivity contribution < 1.29 is 0 Å². The van der Waals surface area contributed by atoms with Crippen molar-refractivity contribution >= 4 is 5.69 Å². The molecule has 0 saturated carbocycles. The van der Waals surface area contributed by atoms with Crippen LogP contribution >= 0.6 is 0 Å². The lowest BCUT2D eigenvalue weighted by Crippen LogP contribution is -2.22. The van der Waals surface area contributed by atoms with Crippen LogP contribution in [0.3, 0.4) is 0 Å². The second-order valence-corrected chi connectivity index (χ2v) is 5.37. The number of nitrogens with zero attached hydrogens (tertiary/aromatic N) is 2. The van der Waals surface area contributed by atoms with E-state index in [1.165, 1.54) is 16.8 Å². The Balaban J connectivity index is 1.94. The maximum Gasteiger partial charge on any atom is 0.0415 e. The third kappa shape index (κ3) is 4.64. The maximum atomic E-state index is 3.52. The van der Waals surface area contributed by atoms with E-state index < -0.39 is 0 Å². The number of nitrogens with one attached hydrogen (secondary N) is 1. The fourth-order valence-electron chi connectivity index (χ4n) is 2.48. The number of hydrogen-bond donors (Lipinski definition) is 1. The van der Waals surface area contributed by atoms with Crippen LogP contribution in [0.4, 0.5) is 5.69 Å². The van der Waals surface area contributed by atoms with Crippen LogP contribution in [0, 0.1) is 0 Å². The highest BCUT2D eigenvalue weighted by atomic mass is 15.1. The number of aromatic nitrogens is 1. The van der Waals surface area contributed by atoms with Crippen molar-refractivity contribution in [2.45, 2.75) is 40.4 Å². The van der Waals surface area contributed by atoms with Gasteiger partial charge in [-0.05, 0) is 49.3 Å². The minimum atomic E-state index is 0.877. The molecule has 0 fully saturated rings. The van der Waals surface area contributed by atoms with Crippen molar-refractivity contribution in [1.82, 2.24) is 9.47 Å². The van der Waals surface area contributed by atoms with Gasteiger partial charge in [-0.2, -0.15) is 0 Å². The summed E-state index contributed by atoms with van der Waals surface area (Å²) in [5, 5.41) is 3.52. The van der Waals surface area contributed by atoms with E-state index in [4.69, 9.17) is 0 Å². The molecule has 0 saturated heterocycles. The first kappa shape index (κ1) is 15.6. The van der Waals surface area contributed by atoms with Gasteiger partial charge >= 0.3 is 0 Å². The highest BCUT2D eigenvalue weighted by Gasteiger charge is 2.02. The van der Waals surface area contributed by atoms with Gasteiger partial charge in [0.05, 0.1) is 0 Å². The summed E-state index contributed by atoms with van der Waals surface area (Å²) in [4.78, 5) is 2.43. The fourth-order valence-corrected chi connectivity index (χ4v) is 2.48. The predicted octanol–water partition coefficient (Wildman–Crippen LogP) is 3.96. The number of anilines is 1. The molecular weight excluding hydrogens is 258 g/mol. The Morgan fingerprint density at radius 3 is 2.52 bits per heavy atom. The molecular formula is C18H27N3. The van der Waals surface area contributed by atoms with E-state index in [0.29, 0.717) is 0 Å². The molecule has 0 radical (unpaired) electrons. The summed E-state index contributed by atoms with van der Waals surface area (Å²) in [6.07, 6.45) is 4.33. The van der Waals surface area contributed by atoms with Gasteiger partial charge in [0.25, 0.3) is 0 Å². The van der Waals surface area contributed by atoms with Gasteiger partial charge in [0.2, 0.25) is 0 Å². The normalized spacial score (nSPS) is 11.0. The molecule has 0 spiro atoms. The maximum absolute atomic E-state index is 3.52. The molecule has 0 aliphatic heterocycles. The number of rotatable bonds is 8. The van der Waals surface area contributed by atoms with E-state index in [9.17, 15) is 0 Å². The molecule has 1 aromatic carbocycles. The zero-order valence-corrected chi connectivity index (χ0v) is 13.5. The van der Waals surface area contributed by atoms with Gasteiger partial charge in [0.1, 0.15) is 0 Å². The van der Waals surface area contributed by atoms with Crippen LogP contribution in [0.5, 0.6) is 0 Å². The Hall–Kier alpha value is -1.74. The lowest BCUT2D eigenvalue weighted by molar-refractivity contribution is 0.296. The Kier molecular flexibility index (Phi) is 5.88. The van der Waals surface area contributed by atoms with Gasteiger partial charge in [0, 0.05) is 37.7 Å². The van der Waals surface area contributed by atoms with Gasteiger partial charge in [-0.25, -0.2) is 0 Å². The van der Waals surface area contributed by atoms with Crippen LogP contribution in [0.25, 0.3) is 0 Å². The van der Waals surface area contributed by atoms with E-state index in [-0.39, 0.29) is 0 Å². The number of benzene rings is 1. The zero-order valence-electron chi connectivity index (χ0n) is 13.5. The molecule has 114 valence electrons. The molecule has 1 N–H and O–H groups in total. The topological polar surface area (TPSA) is 20.2 Å².